The van der Waals surface area contributed by atoms with Gasteiger partial charge in [-0.25, -0.2) is 15.0 Å². The molecule has 1 aliphatic rings. The fourth-order valence-electron chi connectivity index (χ4n) is 9.84. The molecule has 0 spiro atoms. The molecule has 12 rings (SSSR count). The lowest BCUT2D eigenvalue weighted by molar-refractivity contribution is 0.772. The van der Waals surface area contributed by atoms with Crippen LogP contribution in [0.15, 0.2) is 218 Å². The molecule has 0 atom stereocenters. The van der Waals surface area contributed by atoms with Crippen LogP contribution in [0, 0.1) is 0 Å². The van der Waals surface area contributed by atoms with E-state index in [1.54, 1.807) is 0 Å². The number of aromatic nitrogens is 4. The minimum absolute atomic E-state index is 0.602. The van der Waals surface area contributed by atoms with Gasteiger partial charge in [0.2, 0.25) is 0 Å². The molecule has 0 bridgehead atoms. The van der Waals surface area contributed by atoms with Gasteiger partial charge in [-0.15, -0.1) is 0 Å². The van der Waals surface area contributed by atoms with Gasteiger partial charge in [-0.1, -0.05) is 188 Å². The molecule has 1 aliphatic carbocycles. The predicted molar refractivity (Wildman–Crippen MR) is 245 cm³/mol. The van der Waals surface area contributed by atoms with E-state index in [0.717, 1.165) is 27.9 Å². The maximum Gasteiger partial charge on any atom is 0.164 e. The number of para-hydroxylation sites is 1. The maximum absolute atomic E-state index is 5.05. The highest BCUT2D eigenvalue weighted by molar-refractivity contribution is 6.27. The number of nitrogens with zero attached hydrogens (tertiary/aromatic N) is 4. The van der Waals surface area contributed by atoms with Crippen molar-refractivity contribution < 1.29 is 0 Å². The van der Waals surface area contributed by atoms with Gasteiger partial charge in [-0.3, -0.25) is 0 Å². The van der Waals surface area contributed by atoms with E-state index in [-0.39, 0.29) is 0 Å². The quantitative estimate of drug-likeness (QED) is 0.169. The maximum atomic E-state index is 5.05. The Hall–Kier alpha value is -7.95. The third kappa shape index (κ3) is 5.01. The zero-order valence-electron chi connectivity index (χ0n) is 32.6. The molecule has 0 fully saturated rings. The second kappa shape index (κ2) is 13.6. The summed E-state index contributed by atoms with van der Waals surface area (Å²) in [7, 11) is 0. The first-order valence-electron chi connectivity index (χ1n) is 20.5. The molecule has 0 saturated heterocycles. The van der Waals surface area contributed by atoms with Crippen LogP contribution in [0.2, 0.25) is 0 Å². The van der Waals surface area contributed by atoms with Crippen molar-refractivity contribution in [3.8, 4) is 51.0 Å². The fourth-order valence-corrected chi connectivity index (χ4v) is 9.84. The minimum atomic E-state index is -0.602. The summed E-state index contributed by atoms with van der Waals surface area (Å²) in [4.78, 5) is 15.0. The van der Waals surface area contributed by atoms with E-state index in [1.807, 2.05) is 60.7 Å². The summed E-state index contributed by atoms with van der Waals surface area (Å²) < 4.78 is 2.50. The molecule has 0 aliphatic heterocycles. The van der Waals surface area contributed by atoms with Gasteiger partial charge < -0.3 is 4.57 Å². The number of rotatable bonds is 6. The standard InChI is InChI=1S/C56H36N4/c1-5-19-37(20-6-1)53-57-54(38-21-7-2-8-22-38)59-55(58-53)39-33-35-42(36-34-39)60-48-32-18-16-30-46(48)50-44-28-14-13-27-43(44)49-45-29-15-17-31-47(45)56(51(49)52(50)60,40-23-9-3-10-24-40)41-25-11-4-12-26-41/h1-36H. The molecule has 0 amide bonds. The number of benzene rings is 9. The van der Waals surface area contributed by atoms with Gasteiger partial charge in [-0.05, 0) is 68.9 Å². The topological polar surface area (TPSA) is 43.6 Å². The van der Waals surface area contributed by atoms with Crippen LogP contribution in [0.4, 0.5) is 0 Å². The second-order valence-electron chi connectivity index (χ2n) is 15.5. The molecule has 11 aromatic rings. The van der Waals surface area contributed by atoms with Crippen molar-refractivity contribution in [3.63, 3.8) is 0 Å². The molecule has 0 saturated carbocycles. The largest absolute Gasteiger partial charge is 0.309 e. The van der Waals surface area contributed by atoms with Crippen molar-refractivity contribution >= 4 is 32.6 Å². The van der Waals surface area contributed by atoms with Crippen LogP contribution in [0.3, 0.4) is 0 Å². The van der Waals surface area contributed by atoms with E-state index in [4.69, 9.17) is 15.0 Å². The molecule has 0 radical (unpaired) electrons. The van der Waals surface area contributed by atoms with Crippen molar-refractivity contribution in [2.75, 3.05) is 0 Å². The zero-order chi connectivity index (χ0) is 39.6. The summed E-state index contributed by atoms with van der Waals surface area (Å²) in [6, 6.07) is 78.2. The second-order valence-corrected chi connectivity index (χ2v) is 15.5. The van der Waals surface area contributed by atoms with E-state index in [9.17, 15) is 0 Å². The Kier molecular flexibility index (Phi) is 7.72. The molecular formula is C56H36N4. The highest BCUT2D eigenvalue weighted by atomic mass is 15.0. The Labute approximate surface area is 347 Å². The van der Waals surface area contributed by atoms with Gasteiger partial charge in [0, 0.05) is 38.7 Å². The Balaban J connectivity index is 1.17. The number of hydrogen-bond acceptors (Lipinski definition) is 3. The molecule has 280 valence electrons. The Morgan fingerprint density at radius 3 is 1.40 bits per heavy atom. The summed E-state index contributed by atoms with van der Waals surface area (Å²) in [6.07, 6.45) is 0. The van der Waals surface area contributed by atoms with E-state index >= 15 is 0 Å². The summed E-state index contributed by atoms with van der Waals surface area (Å²) in [5, 5.41) is 4.99. The molecule has 60 heavy (non-hydrogen) atoms. The van der Waals surface area contributed by atoms with Gasteiger partial charge in [0.1, 0.15) is 0 Å². The summed E-state index contributed by atoms with van der Waals surface area (Å²) in [6.45, 7) is 0. The van der Waals surface area contributed by atoms with Crippen molar-refractivity contribution in [3.05, 3.63) is 241 Å². The van der Waals surface area contributed by atoms with Gasteiger partial charge in [-0.2, -0.15) is 0 Å². The van der Waals surface area contributed by atoms with Gasteiger partial charge in [0.15, 0.2) is 17.5 Å². The van der Waals surface area contributed by atoms with Crippen LogP contribution in [0.5, 0.6) is 0 Å². The van der Waals surface area contributed by atoms with E-state index in [2.05, 4.69) is 162 Å². The van der Waals surface area contributed by atoms with Crippen LogP contribution >= 0.6 is 0 Å². The van der Waals surface area contributed by atoms with E-state index < -0.39 is 5.41 Å². The van der Waals surface area contributed by atoms with Crippen LogP contribution in [-0.2, 0) is 5.41 Å². The first kappa shape index (κ1) is 34.1. The van der Waals surface area contributed by atoms with Crippen LogP contribution in [-0.4, -0.2) is 19.5 Å². The average molecular weight is 765 g/mol. The Morgan fingerprint density at radius 2 is 0.817 bits per heavy atom. The lowest BCUT2D eigenvalue weighted by atomic mass is 9.67. The first-order valence-corrected chi connectivity index (χ1v) is 20.5. The Morgan fingerprint density at radius 1 is 0.367 bits per heavy atom. The van der Waals surface area contributed by atoms with Gasteiger partial charge in [0.05, 0.1) is 16.4 Å². The lowest BCUT2D eigenvalue weighted by Crippen LogP contribution is -2.29. The summed E-state index contributed by atoms with van der Waals surface area (Å²) in [5.74, 6) is 1.92. The predicted octanol–water partition coefficient (Wildman–Crippen LogP) is 13.5. The molecular weight excluding hydrogens is 729 g/mol. The number of fused-ring (bicyclic) bond motifs is 10. The zero-order valence-corrected chi connectivity index (χ0v) is 32.6. The third-order valence-corrected chi connectivity index (χ3v) is 12.3. The summed E-state index contributed by atoms with van der Waals surface area (Å²) >= 11 is 0. The van der Waals surface area contributed by atoms with Gasteiger partial charge >= 0.3 is 0 Å². The molecule has 4 heteroatoms. The highest BCUT2D eigenvalue weighted by Gasteiger charge is 2.49. The van der Waals surface area contributed by atoms with Crippen molar-refractivity contribution in [1.82, 2.24) is 19.5 Å². The highest BCUT2D eigenvalue weighted by Crippen LogP contribution is 2.61. The van der Waals surface area contributed by atoms with Crippen LogP contribution in [0.25, 0.3) is 83.6 Å². The van der Waals surface area contributed by atoms with Crippen molar-refractivity contribution in [2.45, 2.75) is 5.41 Å². The molecule has 4 nitrogen and oxygen atoms in total. The fraction of sp³-hybridized carbons (Fsp3) is 0.0179. The summed E-state index contributed by atoms with van der Waals surface area (Å²) in [5.41, 5.74) is 13.3. The third-order valence-electron chi connectivity index (χ3n) is 12.3. The first-order chi connectivity index (χ1) is 29.8. The molecule has 0 N–H and O–H groups in total. The van der Waals surface area contributed by atoms with Crippen LogP contribution < -0.4 is 0 Å². The van der Waals surface area contributed by atoms with Gasteiger partial charge in [0.25, 0.3) is 0 Å². The smallest absolute Gasteiger partial charge is 0.164 e. The van der Waals surface area contributed by atoms with Crippen molar-refractivity contribution in [1.29, 1.82) is 0 Å². The van der Waals surface area contributed by atoms with E-state index in [1.165, 1.54) is 60.4 Å². The van der Waals surface area contributed by atoms with Crippen LogP contribution in [0.1, 0.15) is 22.3 Å². The average Bonchev–Trinajstić information content (AvgIpc) is 3.85. The molecule has 0 unspecified atom stereocenters. The lowest BCUT2D eigenvalue weighted by Gasteiger charge is -2.35. The SMILES string of the molecule is c1ccc(-c2nc(-c3ccccc3)nc(-c3ccc(-n4c5ccccc5c5c6ccccc6c6c(c54)C(c4ccccc4)(c4ccccc4)c4ccccc4-6)cc3)n2)cc1. The molecule has 9 aromatic carbocycles. The monoisotopic (exact) mass is 764 g/mol. The number of hydrogen-bond donors (Lipinski definition) is 0. The molecule has 2 aromatic heterocycles. The van der Waals surface area contributed by atoms with E-state index in [0.29, 0.717) is 17.5 Å². The normalized spacial score (nSPS) is 12.8. The molecule has 2 heterocycles. The van der Waals surface area contributed by atoms with Crippen molar-refractivity contribution in [2.24, 2.45) is 0 Å². The minimum Gasteiger partial charge on any atom is -0.309 e. The Bertz CT molecular complexity index is 3300.